The molecule has 104 valence electrons. The fourth-order valence-electron chi connectivity index (χ4n) is 0.592. The molecule has 1 unspecified atom stereocenters. The summed E-state index contributed by atoms with van der Waals surface area (Å²) < 4.78 is 121. The van der Waals surface area contributed by atoms with Crippen molar-refractivity contribution >= 4 is 11.5 Å². The Balaban J connectivity index is 5.08. The summed E-state index contributed by atoms with van der Waals surface area (Å²) in [5.74, 6) is -18.7. The van der Waals surface area contributed by atoms with Gasteiger partial charge in [0.25, 0.3) is 0 Å². The van der Waals surface area contributed by atoms with Crippen molar-refractivity contribution in [1.82, 2.24) is 0 Å². The molecule has 0 bridgehead atoms. The summed E-state index contributed by atoms with van der Waals surface area (Å²) in [6.07, 6.45) is -5.07. The van der Waals surface area contributed by atoms with Crippen LogP contribution in [-0.4, -0.2) is 35.0 Å². The predicted octanol–water partition coefficient (Wildman–Crippen LogP) is 2.72. The lowest BCUT2D eigenvalue weighted by molar-refractivity contribution is -0.342. The van der Waals surface area contributed by atoms with E-state index in [1.54, 1.807) is 0 Å². The fourth-order valence-corrected chi connectivity index (χ4v) is 0.833. The van der Waals surface area contributed by atoms with Crippen LogP contribution in [0.15, 0.2) is 0 Å². The third-order valence-corrected chi connectivity index (χ3v) is 1.79. The predicted molar refractivity (Wildman–Crippen MR) is 36.0 cm³/mol. The Bertz CT molecular complexity index is 291. The van der Waals surface area contributed by atoms with E-state index in [1.165, 1.54) is 0 Å². The Morgan fingerprint density at radius 3 is 1.76 bits per heavy atom. The molecule has 0 saturated heterocycles. The van der Waals surface area contributed by atoms with Crippen LogP contribution in [0.1, 0.15) is 0 Å². The van der Waals surface area contributed by atoms with E-state index in [-0.39, 0.29) is 0 Å². The summed E-state index contributed by atoms with van der Waals surface area (Å²) in [5, 5.41) is 0. The molecule has 0 fully saturated rings. The van der Waals surface area contributed by atoms with Crippen molar-refractivity contribution in [3.63, 3.8) is 0 Å². The van der Waals surface area contributed by atoms with Crippen LogP contribution >= 0.6 is 0 Å². The average molecular weight is 298 g/mol. The van der Waals surface area contributed by atoms with E-state index in [0.717, 1.165) is 0 Å². The SMILES string of the molecule is O=S(F)OCC(F)(F)C(F)(F)C(F)(F)C(F)F. The molecule has 0 aliphatic heterocycles. The van der Waals surface area contributed by atoms with E-state index in [1.807, 2.05) is 0 Å². The van der Waals surface area contributed by atoms with Crippen molar-refractivity contribution in [2.75, 3.05) is 6.61 Å². The number of hydrogen-bond acceptors (Lipinski definition) is 2. The monoisotopic (exact) mass is 298 g/mol. The van der Waals surface area contributed by atoms with E-state index < -0.39 is 42.3 Å². The van der Waals surface area contributed by atoms with Crippen molar-refractivity contribution < 1.29 is 47.4 Å². The molecule has 0 aromatic rings. The van der Waals surface area contributed by atoms with Gasteiger partial charge in [-0.1, -0.05) is 0 Å². The second-order valence-corrected chi connectivity index (χ2v) is 3.28. The first-order chi connectivity index (χ1) is 7.36. The Kier molecular flexibility index (Phi) is 4.85. The molecular weight excluding hydrogens is 295 g/mol. The zero-order valence-electron chi connectivity index (χ0n) is 7.41. The first-order valence-electron chi connectivity index (χ1n) is 3.49. The van der Waals surface area contributed by atoms with Gasteiger partial charge in [0.05, 0.1) is 0 Å². The summed E-state index contributed by atoms with van der Waals surface area (Å²) in [4.78, 5) is 0. The quantitative estimate of drug-likeness (QED) is 0.557. The van der Waals surface area contributed by atoms with E-state index in [9.17, 15) is 43.2 Å². The van der Waals surface area contributed by atoms with Crippen LogP contribution in [-0.2, 0) is 15.6 Å². The van der Waals surface area contributed by atoms with Gasteiger partial charge < -0.3 is 0 Å². The number of alkyl halides is 8. The molecule has 0 aliphatic carbocycles. The van der Waals surface area contributed by atoms with E-state index in [0.29, 0.717) is 0 Å². The van der Waals surface area contributed by atoms with Gasteiger partial charge in [-0.25, -0.2) is 8.78 Å². The van der Waals surface area contributed by atoms with Crippen molar-refractivity contribution in [3.8, 4) is 0 Å². The van der Waals surface area contributed by atoms with Crippen molar-refractivity contribution in [2.45, 2.75) is 24.2 Å². The van der Waals surface area contributed by atoms with E-state index in [2.05, 4.69) is 4.18 Å². The standard InChI is InChI=1S/C5H3F9O2S/c6-2(7)4(10,11)5(12,13)3(8,9)1-16-17(14)15/h2H,1H2. The number of rotatable bonds is 6. The average Bonchev–Trinajstić information content (AvgIpc) is 2.14. The van der Waals surface area contributed by atoms with Crippen LogP contribution in [0.2, 0.25) is 0 Å². The second-order valence-electron chi connectivity index (χ2n) is 2.66. The highest BCUT2D eigenvalue weighted by atomic mass is 32.2. The van der Waals surface area contributed by atoms with Gasteiger partial charge >= 0.3 is 35.7 Å². The van der Waals surface area contributed by atoms with Gasteiger partial charge in [0.15, 0.2) is 0 Å². The Hall–Kier alpha value is -0.520. The summed E-state index contributed by atoms with van der Waals surface area (Å²) in [7, 11) is 0. The normalized spacial score (nSPS) is 16.4. The van der Waals surface area contributed by atoms with Crippen molar-refractivity contribution in [2.24, 2.45) is 0 Å². The van der Waals surface area contributed by atoms with Gasteiger partial charge in [0, 0.05) is 0 Å². The van der Waals surface area contributed by atoms with Crippen molar-refractivity contribution in [3.05, 3.63) is 0 Å². The number of halogens is 9. The molecule has 12 heteroatoms. The van der Waals surface area contributed by atoms with E-state index >= 15 is 0 Å². The summed E-state index contributed by atoms with van der Waals surface area (Å²) >= 11 is -3.93. The van der Waals surface area contributed by atoms with Crippen LogP contribution < -0.4 is 0 Å². The smallest absolute Gasteiger partial charge is 0.258 e. The molecule has 0 spiro atoms. The highest BCUT2D eigenvalue weighted by molar-refractivity contribution is 7.74. The summed E-state index contributed by atoms with van der Waals surface area (Å²) in [6, 6.07) is 0. The third kappa shape index (κ3) is 3.24. The van der Waals surface area contributed by atoms with Crippen LogP contribution in [0.4, 0.5) is 39.0 Å². The lowest BCUT2D eigenvalue weighted by Gasteiger charge is -2.31. The molecule has 0 N–H and O–H groups in total. The molecule has 0 rings (SSSR count). The molecular formula is C5H3F9O2S. The maximum Gasteiger partial charge on any atom is 0.380 e. The van der Waals surface area contributed by atoms with Gasteiger partial charge in [0.1, 0.15) is 6.61 Å². The first kappa shape index (κ1) is 16.5. The third-order valence-electron chi connectivity index (χ3n) is 1.48. The first-order valence-corrected chi connectivity index (χ1v) is 4.46. The zero-order chi connectivity index (χ0) is 14.1. The van der Waals surface area contributed by atoms with Crippen LogP contribution in [0.3, 0.4) is 0 Å². The fraction of sp³-hybridized carbons (Fsp3) is 1.00. The molecule has 0 aromatic carbocycles. The Labute approximate surface area is 90.7 Å². The van der Waals surface area contributed by atoms with Crippen molar-refractivity contribution in [1.29, 1.82) is 0 Å². The molecule has 1 atom stereocenters. The Morgan fingerprint density at radius 2 is 1.47 bits per heavy atom. The molecule has 2 nitrogen and oxygen atoms in total. The minimum Gasteiger partial charge on any atom is -0.258 e. The number of hydrogen-bond donors (Lipinski definition) is 0. The maximum atomic E-state index is 12.4. The Morgan fingerprint density at radius 1 is 1.06 bits per heavy atom. The van der Waals surface area contributed by atoms with Crippen LogP contribution in [0, 0.1) is 0 Å². The molecule has 0 radical (unpaired) electrons. The van der Waals surface area contributed by atoms with Gasteiger partial charge in [-0.2, -0.15) is 30.6 Å². The summed E-state index contributed by atoms with van der Waals surface area (Å²) in [6.45, 7) is -2.74. The molecule has 0 saturated carbocycles. The van der Waals surface area contributed by atoms with Gasteiger partial charge in [-0.05, 0) is 0 Å². The minimum absolute atomic E-state index is 2.74. The lowest BCUT2D eigenvalue weighted by atomic mass is 10.1. The zero-order valence-corrected chi connectivity index (χ0v) is 8.23. The molecule has 0 aromatic heterocycles. The van der Waals surface area contributed by atoms with Crippen LogP contribution in [0.25, 0.3) is 0 Å². The van der Waals surface area contributed by atoms with E-state index in [4.69, 9.17) is 0 Å². The molecule has 17 heavy (non-hydrogen) atoms. The highest BCUT2D eigenvalue weighted by Crippen LogP contribution is 2.48. The van der Waals surface area contributed by atoms with Gasteiger partial charge in [-0.15, -0.1) is 3.89 Å². The highest BCUT2D eigenvalue weighted by Gasteiger charge is 2.75. The lowest BCUT2D eigenvalue weighted by Crippen LogP contribution is -2.59. The van der Waals surface area contributed by atoms with Gasteiger partial charge in [-0.3, -0.25) is 4.18 Å². The summed E-state index contributed by atoms with van der Waals surface area (Å²) in [5.41, 5.74) is 0. The molecule has 0 aliphatic rings. The maximum absolute atomic E-state index is 12.4. The topological polar surface area (TPSA) is 26.3 Å². The largest absolute Gasteiger partial charge is 0.380 e. The molecule has 0 heterocycles. The van der Waals surface area contributed by atoms with Gasteiger partial charge in [0.2, 0.25) is 0 Å². The minimum atomic E-state index is -6.49. The second kappa shape index (κ2) is 5.00. The van der Waals surface area contributed by atoms with Crippen LogP contribution in [0.5, 0.6) is 0 Å². The molecule has 0 amide bonds.